The van der Waals surface area contributed by atoms with Crippen LogP contribution in [0.2, 0.25) is 0 Å². The Morgan fingerprint density at radius 1 is 1.52 bits per heavy atom. The van der Waals surface area contributed by atoms with Crippen molar-refractivity contribution in [2.45, 2.75) is 11.7 Å². The molecule has 11 heteroatoms. The molecule has 0 spiro atoms. The normalized spacial score (nSPS) is 18.5. The Morgan fingerprint density at radius 2 is 2.22 bits per heavy atom. The van der Waals surface area contributed by atoms with E-state index >= 15 is 0 Å². The SMILES string of the molecule is N=C(N)N=C1NC(=O)C(CC(=O)Nc2ccccc2[N+](=O)[O-])S1. The van der Waals surface area contributed by atoms with E-state index in [0.29, 0.717) is 0 Å². The van der Waals surface area contributed by atoms with Gasteiger partial charge < -0.3 is 16.4 Å². The Hall–Kier alpha value is -2.95. The first kappa shape index (κ1) is 16.4. The summed E-state index contributed by atoms with van der Waals surface area (Å²) >= 11 is 0.970. The number of para-hydroxylation sites is 2. The molecule has 1 saturated heterocycles. The average Bonchev–Trinajstić information content (AvgIpc) is 2.77. The largest absolute Gasteiger partial charge is 0.368 e. The standard InChI is InChI=1S/C12H12N6O4S/c13-11(14)17-12-16-10(20)8(23-12)5-9(19)15-6-3-1-2-4-7(6)18(21)22/h1-4,8H,5H2,(H,15,19)(H4,13,14,16,17,20). The Bertz CT molecular complexity index is 719. The van der Waals surface area contributed by atoms with Gasteiger partial charge in [-0.2, -0.15) is 4.99 Å². The number of rotatable bonds is 4. The van der Waals surface area contributed by atoms with Crippen LogP contribution in [0.3, 0.4) is 0 Å². The molecule has 0 aliphatic carbocycles. The van der Waals surface area contributed by atoms with Crippen molar-refractivity contribution in [1.29, 1.82) is 5.41 Å². The number of nitrogens with two attached hydrogens (primary N) is 1. The van der Waals surface area contributed by atoms with Gasteiger partial charge in [-0.3, -0.25) is 25.1 Å². The van der Waals surface area contributed by atoms with Gasteiger partial charge in [0, 0.05) is 12.5 Å². The predicted molar refractivity (Wildman–Crippen MR) is 85.2 cm³/mol. The number of nitrogens with one attached hydrogen (secondary N) is 3. The molecule has 0 radical (unpaired) electrons. The van der Waals surface area contributed by atoms with Gasteiger partial charge in [-0.15, -0.1) is 0 Å². The number of hydrogen-bond acceptors (Lipinski definition) is 6. The Labute approximate surface area is 134 Å². The number of guanidine groups is 1. The maximum absolute atomic E-state index is 12.0. The maximum atomic E-state index is 12.0. The van der Waals surface area contributed by atoms with Crippen molar-refractivity contribution in [1.82, 2.24) is 5.32 Å². The number of amidine groups is 1. The van der Waals surface area contributed by atoms with Gasteiger partial charge in [0.05, 0.1) is 4.92 Å². The molecule has 0 saturated carbocycles. The van der Waals surface area contributed by atoms with E-state index in [-0.39, 0.29) is 23.0 Å². The number of thioether (sulfide) groups is 1. The minimum absolute atomic E-state index is 0.0588. The van der Waals surface area contributed by atoms with Crippen molar-refractivity contribution in [3.63, 3.8) is 0 Å². The summed E-state index contributed by atoms with van der Waals surface area (Å²) in [5, 5.41) is 22.1. The third-order valence-electron chi connectivity index (χ3n) is 2.74. The topological polar surface area (TPSA) is 164 Å². The Kier molecular flexibility index (Phi) is 4.91. The van der Waals surface area contributed by atoms with Crippen LogP contribution in [0.1, 0.15) is 6.42 Å². The van der Waals surface area contributed by atoms with E-state index < -0.39 is 27.9 Å². The fourth-order valence-electron chi connectivity index (χ4n) is 1.81. The number of nitrogens with zero attached hydrogens (tertiary/aromatic N) is 2. The first-order valence-electron chi connectivity index (χ1n) is 6.30. The molecule has 5 N–H and O–H groups in total. The van der Waals surface area contributed by atoms with E-state index in [1.807, 2.05) is 0 Å². The highest BCUT2D eigenvalue weighted by atomic mass is 32.2. The summed E-state index contributed by atoms with van der Waals surface area (Å²) in [6.07, 6.45) is -0.195. The summed E-state index contributed by atoms with van der Waals surface area (Å²) < 4.78 is 0. The molecule has 1 aromatic rings. The maximum Gasteiger partial charge on any atom is 0.292 e. The number of benzene rings is 1. The lowest BCUT2D eigenvalue weighted by Gasteiger charge is -2.07. The number of amides is 2. The van der Waals surface area contributed by atoms with Gasteiger partial charge in [0.25, 0.3) is 5.69 Å². The number of aliphatic imine (C=N–C) groups is 1. The van der Waals surface area contributed by atoms with E-state index in [4.69, 9.17) is 11.1 Å². The molecule has 0 bridgehead atoms. The molecule has 2 amide bonds. The smallest absolute Gasteiger partial charge is 0.292 e. The fourth-order valence-corrected chi connectivity index (χ4v) is 2.79. The molecule has 1 unspecified atom stereocenters. The van der Waals surface area contributed by atoms with Gasteiger partial charge >= 0.3 is 0 Å². The molecule has 0 aromatic heterocycles. The monoisotopic (exact) mass is 336 g/mol. The molecule has 10 nitrogen and oxygen atoms in total. The molecule has 1 aliphatic rings. The van der Waals surface area contributed by atoms with Crippen LogP contribution in [0.25, 0.3) is 0 Å². The summed E-state index contributed by atoms with van der Waals surface area (Å²) in [5.74, 6) is -1.44. The van der Waals surface area contributed by atoms with Crippen molar-refractivity contribution in [2.75, 3.05) is 5.32 Å². The number of hydrogen-bond donors (Lipinski definition) is 4. The lowest BCUT2D eigenvalue weighted by Crippen LogP contribution is -2.28. The van der Waals surface area contributed by atoms with Crippen LogP contribution >= 0.6 is 11.8 Å². The Morgan fingerprint density at radius 3 is 2.87 bits per heavy atom. The van der Waals surface area contributed by atoms with Crippen LogP contribution in [-0.2, 0) is 9.59 Å². The van der Waals surface area contributed by atoms with Crippen LogP contribution in [0.5, 0.6) is 0 Å². The van der Waals surface area contributed by atoms with Crippen LogP contribution in [0, 0.1) is 15.5 Å². The molecule has 120 valence electrons. The molecule has 2 rings (SSSR count). The van der Waals surface area contributed by atoms with Crippen LogP contribution in [0.15, 0.2) is 29.3 Å². The van der Waals surface area contributed by atoms with E-state index in [9.17, 15) is 19.7 Å². The summed E-state index contributed by atoms with van der Waals surface area (Å²) in [6, 6.07) is 5.71. The highest BCUT2D eigenvalue weighted by molar-refractivity contribution is 8.15. The zero-order valence-electron chi connectivity index (χ0n) is 11.6. The van der Waals surface area contributed by atoms with Gasteiger partial charge in [-0.05, 0) is 6.07 Å². The highest BCUT2D eigenvalue weighted by Gasteiger charge is 2.32. The molecular formula is C12H12N6O4S. The lowest BCUT2D eigenvalue weighted by atomic mass is 10.2. The summed E-state index contributed by atoms with van der Waals surface area (Å²) in [6.45, 7) is 0. The van der Waals surface area contributed by atoms with Gasteiger partial charge in [-0.25, -0.2) is 0 Å². The second-order valence-electron chi connectivity index (χ2n) is 4.42. The van der Waals surface area contributed by atoms with Gasteiger partial charge in [-0.1, -0.05) is 23.9 Å². The van der Waals surface area contributed by atoms with E-state index in [1.54, 1.807) is 6.07 Å². The minimum Gasteiger partial charge on any atom is -0.368 e. The Balaban J connectivity index is 2.02. The van der Waals surface area contributed by atoms with Gasteiger partial charge in [0.15, 0.2) is 5.17 Å². The van der Waals surface area contributed by atoms with Gasteiger partial charge in [0.2, 0.25) is 17.8 Å². The highest BCUT2D eigenvalue weighted by Crippen LogP contribution is 2.26. The minimum atomic E-state index is -0.740. The van der Waals surface area contributed by atoms with Crippen LogP contribution in [-0.4, -0.2) is 33.1 Å². The molecule has 23 heavy (non-hydrogen) atoms. The molecular weight excluding hydrogens is 324 g/mol. The number of carbonyl (C=O) groups excluding carboxylic acids is 2. The third kappa shape index (κ3) is 4.26. The second-order valence-corrected chi connectivity index (χ2v) is 5.62. The van der Waals surface area contributed by atoms with E-state index in [2.05, 4.69) is 15.6 Å². The number of anilines is 1. The van der Waals surface area contributed by atoms with Crippen molar-refractivity contribution in [3.05, 3.63) is 34.4 Å². The average molecular weight is 336 g/mol. The quantitative estimate of drug-likeness (QED) is 0.269. The summed E-state index contributed by atoms with van der Waals surface area (Å²) in [5.41, 5.74) is 4.93. The zero-order chi connectivity index (χ0) is 17.0. The predicted octanol–water partition coefficient (Wildman–Crippen LogP) is 0.404. The molecule has 1 heterocycles. The molecule has 1 fully saturated rings. The molecule has 1 aliphatic heterocycles. The first-order chi connectivity index (χ1) is 10.9. The number of nitro groups is 1. The van der Waals surface area contributed by atoms with Crippen molar-refractivity contribution in [3.8, 4) is 0 Å². The van der Waals surface area contributed by atoms with Crippen molar-refractivity contribution >= 4 is 46.1 Å². The lowest BCUT2D eigenvalue weighted by molar-refractivity contribution is -0.383. The third-order valence-corrected chi connectivity index (χ3v) is 3.83. The number of nitro benzene ring substituents is 1. The van der Waals surface area contributed by atoms with Gasteiger partial charge in [0.1, 0.15) is 10.9 Å². The zero-order valence-corrected chi connectivity index (χ0v) is 12.4. The van der Waals surface area contributed by atoms with Crippen molar-refractivity contribution < 1.29 is 14.5 Å². The molecule has 1 aromatic carbocycles. The summed E-state index contributed by atoms with van der Waals surface area (Å²) in [7, 11) is 0. The van der Waals surface area contributed by atoms with Crippen molar-refractivity contribution in [2.24, 2.45) is 10.7 Å². The van der Waals surface area contributed by atoms with Crippen LogP contribution < -0.4 is 16.4 Å². The fraction of sp³-hybridized carbons (Fsp3) is 0.167. The van der Waals surface area contributed by atoms with Crippen LogP contribution in [0.4, 0.5) is 11.4 Å². The second kappa shape index (κ2) is 6.87. The first-order valence-corrected chi connectivity index (χ1v) is 7.18. The summed E-state index contributed by atoms with van der Waals surface area (Å²) in [4.78, 5) is 37.6. The van der Waals surface area contributed by atoms with E-state index in [1.165, 1.54) is 18.2 Å². The molecule has 1 atom stereocenters. The number of carbonyl (C=O) groups is 2. The van der Waals surface area contributed by atoms with E-state index in [0.717, 1.165) is 11.8 Å².